The minimum absolute atomic E-state index is 0. The molecule has 140 valence electrons. The Kier molecular flexibility index (Phi) is 9.09. The summed E-state index contributed by atoms with van der Waals surface area (Å²) >= 11 is 0. The van der Waals surface area contributed by atoms with E-state index in [1.165, 1.54) is 6.07 Å². The number of halogens is 4. The second kappa shape index (κ2) is 10.5. The molecule has 2 N–H and O–H groups in total. The largest absolute Gasteiger partial charge is 0.484 e. The maximum absolute atomic E-state index is 12.3. The number of hydrogen-bond donors (Lipinski definition) is 2. The molecular weight excluding hydrogens is 446 g/mol. The van der Waals surface area contributed by atoms with Crippen molar-refractivity contribution in [2.75, 3.05) is 13.2 Å². The van der Waals surface area contributed by atoms with Crippen molar-refractivity contribution < 1.29 is 17.9 Å². The molecule has 0 atom stereocenters. The SMILES string of the molecule is CCNC(=NCc1ccccc1OCC(F)(F)F)NC1CC=CC1.I. The van der Waals surface area contributed by atoms with Crippen LogP contribution in [-0.2, 0) is 6.54 Å². The molecule has 0 unspecified atom stereocenters. The van der Waals surface area contributed by atoms with E-state index in [9.17, 15) is 13.2 Å². The summed E-state index contributed by atoms with van der Waals surface area (Å²) in [5.41, 5.74) is 0.614. The van der Waals surface area contributed by atoms with Crippen molar-refractivity contribution in [2.24, 2.45) is 4.99 Å². The lowest BCUT2D eigenvalue weighted by Gasteiger charge is -2.17. The lowest BCUT2D eigenvalue weighted by Crippen LogP contribution is -2.42. The lowest BCUT2D eigenvalue weighted by molar-refractivity contribution is -0.153. The Morgan fingerprint density at radius 1 is 1.24 bits per heavy atom. The Bertz CT molecular complexity index is 583. The summed E-state index contributed by atoms with van der Waals surface area (Å²) in [6, 6.07) is 6.95. The normalized spacial score (nSPS) is 15.0. The smallest absolute Gasteiger partial charge is 0.422 e. The first-order valence-electron chi connectivity index (χ1n) is 7.95. The van der Waals surface area contributed by atoms with Crippen molar-refractivity contribution in [3.8, 4) is 5.75 Å². The third kappa shape index (κ3) is 7.98. The van der Waals surface area contributed by atoms with Crippen LogP contribution < -0.4 is 15.4 Å². The first kappa shape index (κ1) is 21.6. The molecule has 0 spiro atoms. The molecule has 4 nitrogen and oxygen atoms in total. The number of guanidine groups is 1. The standard InChI is InChI=1S/C17H22F3N3O.HI/c1-2-21-16(23-14-8-4-5-9-14)22-11-13-7-3-6-10-15(13)24-12-17(18,19)20;/h3-7,10,14H,2,8-9,11-12H2,1H3,(H2,21,22,23);1H. The summed E-state index contributed by atoms with van der Waals surface area (Å²) in [5.74, 6) is 0.855. The molecule has 0 bridgehead atoms. The molecule has 0 aliphatic heterocycles. The van der Waals surface area contributed by atoms with Crippen LogP contribution >= 0.6 is 24.0 Å². The topological polar surface area (TPSA) is 45.7 Å². The summed E-state index contributed by atoms with van der Waals surface area (Å²) in [5, 5.41) is 6.46. The minimum Gasteiger partial charge on any atom is -0.484 e. The third-order valence-corrected chi connectivity index (χ3v) is 3.46. The van der Waals surface area contributed by atoms with Gasteiger partial charge in [-0.3, -0.25) is 0 Å². The molecule has 1 aromatic carbocycles. The van der Waals surface area contributed by atoms with E-state index in [1.54, 1.807) is 18.2 Å². The second-order valence-corrected chi connectivity index (χ2v) is 5.49. The number of nitrogens with one attached hydrogen (secondary N) is 2. The zero-order chi connectivity index (χ0) is 17.4. The lowest BCUT2D eigenvalue weighted by atomic mass is 10.2. The zero-order valence-electron chi connectivity index (χ0n) is 14.0. The van der Waals surface area contributed by atoms with Crippen LogP contribution in [0.3, 0.4) is 0 Å². The van der Waals surface area contributed by atoms with E-state index >= 15 is 0 Å². The van der Waals surface area contributed by atoms with Gasteiger partial charge >= 0.3 is 6.18 Å². The fraction of sp³-hybridized carbons (Fsp3) is 0.471. The highest BCUT2D eigenvalue weighted by atomic mass is 127. The Balaban J connectivity index is 0.00000312. The number of ether oxygens (including phenoxy) is 1. The predicted octanol–water partition coefficient (Wildman–Crippen LogP) is 4.02. The molecule has 0 amide bonds. The number of benzene rings is 1. The monoisotopic (exact) mass is 469 g/mol. The quantitative estimate of drug-likeness (QED) is 0.287. The van der Waals surface area contributed by atoms with E-state index in [1.807, 2.05) is 6.92 Å². The zero-order valence-corrected chi connectivity index (χ0v) is 16.3. The maximum atomic E-state index is 12.3. The Labute approximate surface area is 162 Å². The fourth-order valence-electron chi connectivity index (χ4n) is 2.35. The predicted molar refractivity (Wildman–Crippen MR) is 104 cm³/mol. The molecule has 0 saturated carbocycles. The van der Waals surface area contributed by atoms with Gasteiger partial charge in [-0.25, -0.2) is 4.99 Å². The Morgan fingerprint density at radius 2 is 1.92 bits per heavy atom. The average molecular weight is 469 g/mol. The van der Waals surface area contributed by atoms with Crippen molar-refractivity contribution in [1.82, 2.24) is 10.6 Å². The van der Waals surface area contributed by atoms with Crippen LogP contribution in [0.25, 0.3) is 0 Å². The van der Waals surface area contributed by atoms with Gasteiger partial charge in [0.1, 0.15) is 5.75 Å². The van der Waals surface area contributed by atoms with E-state index in [0.29, 0.717) is 24.1 Å². The van der Waals surface area contributed by atoms with Crippen molar-refractivity contribution >= 4 is 29.9 Å². The van der Waals surface area contributed by atoms with Crippen LogP contribution in [0.15, 0.2) is 41.4 Å². The molecule has 0 radical (unpaired) electrons. The molecule has 1 aliphatic rings. The molecule has 0 saturated heterocycles. The van der Waals surface area contributed by atoms with Gasteiger partial charge in [-0.15, -0.1) is 24.0 Å². The molecule has 25 heavy (non-hydrogen) atoms. The minimum atomic E-state index is -4.36. The van der Waals surface area contributed by atoms with Gasteiger partial charge in [0.15, 0.2) is 12.6 Å². The van der Waals surface area contributed by atoms with Crippen LogP contribution in [0.5, 0.6) is 5.75 Å². The fourth-order valence-corrected chi connectivity index (χ4v) is 2.35. The van der Waals surface area contributed by atoms with Crippen LogP contribution in [-0.4, -0.2) is 31.3 Å². The summed E-state index contributed by atoms with van der Waals surface area (Å²) in [6.45, 7) is 1.60. The molecule has 1 aromatic rings. The van der Waals surface area contributed by atoms with Gasteiger partial charge in [-0.1, -0.05) is 30.4 Å². The highest BCUT2D eigenvalue weighted by molar-refractivity contribution is 14.0. The van der Waals surface area contributed by atoms with Gasteiger partial charge in [0, 0.05) is 18.2 Å². The Morgan fingerprint density at radius 3 is 2.56 bits per heavy atom. The number of para-hydroxylation sites is 1. The number of aliphatic imine (C=N–C) groups is 1. The highest BCUT2D eigenvalue weighted by Crippen LogP contribution is 2.22. The first-order valence-corrected chi connectivity index (χ1v) is 7.95. The molecule has 0 fully saturated rings. The summed E-state index contributed by atoms with van der Waals surface area (Å²) in [7, 11) is 0. The van der Waals surface area contributed by atoms with Gasteiger partial charge in [0.2, 0.25) is 0 Å². The van der Waals surface area contributed by atoms with Crippen molar-refractivity contribution in [3.63, 3.8) is 0 Å². The van der Waals surface area contributed by atoms with Crippen LogP contribution in [0, 0.1) is 0 Å². The molecule has 1 aliphatic carbocycles. The van der Waals surface area contributed by atoms with E-state index < -0.39 is 12.8 Å². The van der Waals surface area contributed by atoms with Gasteiger partial charge in [0.05, 0.1) is 6.54 Å². The Hall–Kier alpha value is -1.45. The molecular formula is C17H23F3IN3O. The molecule has 8 heteroatoms. The van der Waals surface area contributed by atoms with Gasteiger partial charge in [-0.05, 0) is 25.8 Å². The van der Waals surface area contributed by atoms with Gasteiger partial charge < -0.3 is 15.4 Å². The van der Waals surface area contributed by atoms with E-state index in [4.69, 9.17) is 4.74 Å². The van der Waals surface area contributed by atoms with Crippen molar-refractivity contribution in [2.45, 2.75) is 38.5 Å². The van der Waals surface area contributed by atoms with Gasteiger partial charge in [0.25, 0.3) is 0 Å². The maximum Gasteiger partial charge on any atom is 0.422 e. The summed E-state index contributed by atoms with van der Waals surface area (Å²) in [6.07, 6.45) is 1.75. The average Bonchev–Trinajstić information content (AvgIpc) is 3.04. The molecule has 0 heterocycles. The number of alkyl halides is 3. The first-order chi connectivity index (χ1) is 11.5. The summed E-state index contributed by atoms with van der Waals surface area (Å²) < 4.78 is 41.9. The summed E-state index contributed by atoms with van der Waals surface area (Å²) in [4.78, 5) is 4.46. The number of hydrogen-bond acceptors (Lipinski definition) is 2. The highest BCUT2D eigenvalue weighted by Gasteiger charge is 2.28. The van der Waals surface area contributed by atoms with Crippen LogP contribution in [0.4, 0.5) is 13.2 Å². The number of nitrogens with zero attached hydrogens (tertiary/aromatic N) is 1. The van der Waals surface area contributed by atoms with Gasteiger partial charge in [-0.2, -0.15) is 13.2 Å². The van der Waals surface area contributed by atoms with Crippen LogP contribution in [0.1, 0.15) is 25.3 Å². The van der Waals surface area contributed by atoms with E-state index in [0.717, 1.165) is 12.8 Å². The third-order valence-electron chi connectivity index (χ3n) is 3.46. The molecule has 2 rings (SSSR count). The van der Waals surface area contributed by atoms with E-state index in [2.05, 4.69) is 27.8 Å². The van der Waals surface area contributed by atoms with Crippen molar-refractivity contribution in [1.29, 1.82) is 0 Å². The second-order valence-electron chi connectivity index (χ2n) is 5.49. The molecule has 0 aromatic heterocycles. The van der Waals surface area contributed by atoms with E-state index in [-0.39, 0.29) is 36.3 Å². The van der Waals surface area contributed by atoms with Crippen molar-refractivity contribution in [3.05, 3.63) is 42.0 Å². The number of rotatable bonds is 6. The van der Waals surface area contributed by atoms with Crippen LogP contribution in [0.2, 0.25) is 0 Å².